The van der Waals surface area contributed by atoms with Crippen molar-refractivity contribution in [2.24, 2.45) is 0 Å². The van der Waals surface area contributed by atoms with Crippen molar-refractivity contribution in [3.8, 4) is 0 Å². The summed E-state index contributed by atoms with van der Waals surface area (Å²) in [5.41, 5.74) is 3.11. The van der Waals surface area contributed by atoms with Gasteiger partial charge in [-0.2, -0.15) is 0 Å². The summed E-state index contributed by atoms with van der Waals surface area (Å²) in [6, 6.07) is 10.3. The molecule has 2 heteroatoms. The second-order valence-corrected chi connectivity index (χ2v) is 6.73. The number of nitrogens with zero attached hydrogens (tertiary/aromatic N) is 1. The average Bonchev–Trinajstić information content (AvgIpc) is 2.66. The third-order valence-electron chi connectivity index (χ3n) is 5.39. The fraction of sp³-hybridized carbons (Fsp3) is 0.684. The van der Waals surface area contributed by atoms with Crippen LogP contribution in [0.25, 0.3) is 0 Å². The van der Waals surface area contributed by atoms with Gasteiger partial charge in [0, 0.05) is 12.1 Å². The largest absolute Gasteiger partial charge is 0.312 e. The van der Waals surface area contributed by atoms with Gasteiger partial charge in [0.1, 0.15) is 0 Å². The van der Waals surface area contributed by atoms with Crippen LogP contribution in [-0.2, 0) is 6.42 Å². The van der Waals surface area contributed by atoms with Crippen LogP contribution in [0.2, 0.25) is 0 Å². The van der Waals surface area contributed by atoms with Crippen molar-refractivity contribution < 1.29 is 0 Å². The summed E-state index contributed by atoms with van der Waals surface area (Å²) in [6.07, 6.45) is 11.0. The number of aryl methyl sites for hydroxylation is 1. The molecule has 116 valence electrons. The van der Waals surface area contributed by atoms with Crippen molar-refractivity contribution in [2.45, 2.75) is 63.5 Å². The first-order valence-corrected chi connectivity index (χ1v) is 8.89. The molecule has 21 heavy (non-hydrogen) atoms. The van der Waals surface area contributed by atoms with Crippen LogP contribution in [0.3, 0.4) is 0 Å². The molecular weight excluding hydrogens is 256 g/mol. The maximum Gasteiger partial charge on any atom is 0.0478 e. The number of nitrogens with one attached hydrogen (secondary N) is 1. The molecule has 2 nitrogen and oxygen atoms in total. The van der Waals surface area contributed by atoms with Crippen molar-refractivity contribution >= 4 is 0 Å². The average molecular weight is 286 g/mol. The highest BCUT2D eigenvalue weighted by Crippen LogP contribution is 2.32. The van der Waals surface area contributed by atoms with Crippen molar-refractivity contribution in [3.63, 3.8) is 0 Å². The Kier molecular flexibility index (Phi) is 5.32. The van der Waals surface area contributed by atoms with E-state index in [9.17, 15) is 0 Å². The lowest BCUT2D eigenvalue weighted by atomic mass is 9.94. The number of benzene rings is 1. The van der Waals surface area contributed by atoms with Crippen LogP contribution >= 0.6 is 0 Å². The van der Waals surface area contributed by atoms with Crippen molar-refractivity contribution in [1.29, 1.82) is 0 Å². The molecule has 2 aliphatic rings. The molecule has 1 saturated heterocycles. The maximum absolute atomic E-state index is 3.64. The van der Waals surface area contributed by atoms with Gasteiger partial charge >= 0.3 is 0 Å². The van der Waals surface area contributed by atoms with Gasteiger partial charge in [0.25, 0.3) is 0 Å². The number of rotatable bonds is 2. The molecule has 1 fully saturated rings. The van der Waals surface area contributed by atoms with Crippen molar-refractivity contribution in [1.82, 2.24) is 10.2 Å². The SMILES string of the molecule is CNC1c2ccccc2CCCC1N1CCCCCCC1. The molecule has 0 bridgehead atoms. The van der Waals surface area contributed by atoms with Gasteiger partial charge in [-0.1, -0.05) is 43.5 Å². The summed E-state index contributed by atoms with van der Waals surface area (Å²) < 4.78 is 0. The number of hydrogen-bond acceptors (Lipinski definition) is 2. The van der Waals surface area contributed by atoms with E-state index >= 15 is 0 Å². The highest BCUT2D eigenvalue weighted by atomic mass is 15.2. The molecule has 1 aliphatic carbocycles. The van der Waals surface area contributed by atoms with Crippen LogP contribution in [0.15, 0.2) is 24.3 Å². The highest BCUT2D eigenvalue weighted by molar-refractivity contribution is 5.32. The Morgan fingerprint density at radius 3 is 2.43 bits per heavy atom. The second kappa shape index (κ2) is 7.42. The van der Waals surface area contributed by atoms with E-state index in [0.29, 0.717) is 12.1 Å². The lowest BCUT2D eigenvalue weighted by Crippen LogP contribution is -2.45. The molecule has 1 heterocycles. The van der Waals surface area contributed by atoms with Crippen LogP contribution < -0.4 is 5.32 Å². The predicted molar refractivity (Wildman–Crippen MR) is 89.6 cm³/mol. The first-order chi connectivity index (χ1) is 10.4. The Morgan fingerprint density at radius 2 is 1.67 bits per heavy atom. The Bertz CT molecular complexity index is 435. The van der Waals surface area contributed by atoms with Gasteiger partial charge in [-0.05, 0) is 63.4 Å². The lowest BCUT2D eigenvalue weighted by Gasteiger charge is -2.37. The first-order valence-electron chi connectivity index (χ1n) is 8.89. The molecule has 2 atom stereocenters. The summed E-state index contributed by atoms with van der Waals surface area (Å²) in [6.45, 7) is 2.59. The number of likely N-dealkylation sites (N-methyl/N-ethyl adjacent to an activating group) is 1. The van der Waals surface area contributed by atoms with E-state index in [4.69, 9.17) is 0 Å². The minimum atomic E-state index is 0.503. The van der Waals surface area contributed by atoms with Crippen LogP contribution in [-0.4, -0.2) is 31.1 Å². The quantitative estimate of drug-likeness (QED) is 0.829. The Hall–Kier alpha value is -0.860. The summed E-state index contributed by atoms with van der Waals surface area (Å²) in [4.78, 5) is 2.79. The van der Waals surface area contributed by atoms with Gasteiger partial charge in [0.15, 0.2) is 0 Å². The zero-order valence-electron chi connectivity index (χ0n) is 13.5. The lowest BCUT2D eigenvalue weighted by molar-refractivity contribution is 0.138. The standard InChI is InChI=1S/C19H30N2/c1-20-19-17-12-6-5-10-16(17)11-9-13-18(19)21-14-7-3-2-4-8-15-21/h5-6,10,12,18-20H,2-4,7-9,11,13-15H2,1H3. The minimum absolute atomic E-state index is 0.503. The highest BCUT2D eigenvalue weighted by Gasteiger charge is 2.30. The third kappa shape index (κ3) is 3.49. The Labute approximate surface area is 129 Å². The normalized spacial score (nSPS) is 28.2. The van der Waals surface area contributed by atoms with Gasteiger partial charge in [-0.25, -0.2) is 0 Å². The van der Waals surface area contributed by atoms with Gasteiger partial charge in [0.05, 0.1) is 0 Å². The number of fused-ring (bicyclic) bond motifs is 1. The Morgan fingerprint density at radius 1 is 0.952 bits per heavy atom. The first kappa shape index (κ1) is 15.1. The molecule has 0 radical (unpaired) electrons. The van der Waals surface area contributed by atoms with E-state index in [1.807, 2.05) is 0 Å². The van der Waals surface area contributed by atoms with Crippen molar-refractivity contribution in [3.05, 3.63) is 35.4 Å². The van der Waals surface area contributed by atoms with Crippen LogP contribution in [0.1, 0.15) is 62.1 Å². The molecule has 2 unspecified atom stereocenters. The zero-order chi connectivity index (χ0) is 14.5. The number of hydrogen-bond donors (Lipinski definition) is 1. The van der Waals surface area contributed by atoms with E-state index < -0.39 is 0 Å². The van der Waals surface area contributed by atoms with Crippen LogP contribution in [0.5, 0.6) is 0 Å². The maximum atomic E-state index is 3.64. The molecule has 1 N–H and O–H groups in total. The summed E-state index contributed by atoms with van der Waals surface area (Å²) in [5.74, 6) is 0. The molecule has 0 saturated carbocycles. The monoisotopic (exact) mass is 286 g/mol. The van der Waals surface area contributed by atoms with E-state index in [2.05, 4.69) is 41.5 Å². The zero-order valence-corrected chi connectivity index (χ0v) is 13.5. The Balaban J connectivity index is 1.83. The molecule has 0 spiro atoms. The molecule has 0 aromatic heterocycles. The van der Waals surface area contributed by atoms with Gasteiger partial charge in [0.2, 0.25) is 0 Å². The summed E-state index contributed by atoms with van der Waals surface area (Å²) in [5, 5.41) is 3.64. The topological polar surface area (TPSA) is 15.3 Å². The molecular formula is C19H30N2. The molecule has 3 rings (SSSR count). The summed E-state index contributed by atoms with van der Waals surface area (Å²) in [7, 11) is 2.14. The number of likely N-dealkylation sites (tertiary alicyclic amines) is 1. The predicted octanol–water partition coefficient (Wildman–Crippen LogP) is 3.92. The van der Waals surface area contributed by atoms with Gasteiger partial charge in [-0.3, -0.25) is 4.90 Å². The van der Waals surface area contributed by atoms with Gasteiger partial charge < -0.3 is 5.32 Å². The van der Waals surface area contributed by atoms with Crippen LogP contribution in [0, 0.1) is 0 Å². The van der Waals surface area contributed by atoms with E-state index in [1.165, 1.54) is 64.5 Å². The molecule has 0 amide bonds. The molecule has 1 aromatic rings. The van der Waals surface area contributed by atoms with Crippen LogP contribution in [0.4, 0.5) is 0 Å². The summed E-state index contributed by atoms with van der Waals surface area (Å²) >= 11 is 0. The second-order valence-electron chi connectivity index (χ2n) is 6.73. The smallest absolute Gasteiger partial charge is 0.0478 e. The van der Waals surface area contributed by atoms with Crippen molar-refractivity contribution in [2.75, 3.05) is 20.1 Å². The molecule has 1 aliphatic heterocycles. The molecule has 1 aromatic carbocycles. The van der Waals surface area contributed by atoms with E-state index in [1.54, 1.807) is 11.1 Å². The fourth-order valence-electron chi connectivity index (χ4n) is 4.29. The third-order valence-corrected chi connectivity index (χ3v) is 5.39. The van der Waals surface area contributed by atoms with E-state index in [0.717, 1.165) is 0 Å². The van der Waals surface area contributed by atoms with E-state index in [-0.39, 0.29) is 0 Å². The minimum Gasteiger partial charge on any atom is -0.312 e. The van der Waals surface area contributed by atoms with Gasteiger partial charge in [-0.15, -0.1) is 0 Å². The fourth-order valence-corrected chi connectivity index (χ4v) is 4.29.